The van der Waals surface area contributed by atoms with Gasteiger partial charge in [0.15, 0.2) is 0 Å². The number of nitriles is 1. The lowest BCUT2D eigenvalue weighted by molar-refractivity contribution is 0.414. The Hall–Kier alpha value is -4.11. The first-order valence-electron chi connectivity index (χ1n) is 10.5. The van der Waals surface area contributed by atoms with E-state index in [1.807, 2.05) is 42.5 Å². The normalized spacial score (nSPS) is 10.7. The molecule has 6 heteroatoms. The van der Waals surface area contributed by atoms with Gasteiger partial charge in [-0.2, -0.15) is 5.26 Å². The van der Waals surface area contributed by atoms with E-state index >= 15 is 0 Å². The van der Waals surface area contributed by atoms with Crippen molar-refractivity contribution < 1.29 is 4.74 Å². The number of nitrogens with zero attached hydrogens (tertiary/aromatic N) is 3. The van der Waals surface area contributed by atoms with E-state index in [0.717, 1.165) is 33.6 Å². The molecule has 0 fully saturated rings. The zero-order valence-electron chi connectivity index (χ0n) is 18.4. The highest BCUT2D eigenvalue weighted by Crippen LogP contribution is 2.31. The van der Waals surface area contributed by atoms with Crippen LogP contribution < -0.4 is 15.4 Å². The summed E-state index contributed by atoms with van der Waals surface area (Å²) in [6, 6.07) is 20.3. The molecule has 160 valence electrons. The number of methoxy groups -OCH3 is 1. The second-order valence-electron chi connectivity index (χ2n) is 7.85. The van der Waals surface area contributed by atoms with Gasteiger partial charge in [0.2, 0.25) is 0 Å². The van der Waals surface area contributed by atoms with Crippen molar-refractivity contribution >= 4 is 28.1 Å². The van der Waals surface area contributed by atoms with Gasteiger partial charge in [0.25, 0.3) is 0 Å². The lowest BCUT2D eigenvalue weighted by Gasteiger charge is -2.14. The van der Waals surface area contributed by atoms with Crippen molar-refractivity contribution in [1.29, 1.82) is 5.26 Å². The maximum Gasteiger partial charge on any atom is 0.126 e. The summed E-state index contributed by atoms with van der Waals surface area (Å²) in [4.78, 5) is 8.90. The van der Waals surface area contributed by atoms with Crippen LogP contribution in [0.25, 0.3) is 10.9 Å². The smallest absolute Gasteiger partial charge is 0.126 e. The molecule has 0 spiro atoms. The Kier molecular flexibility index (Phi) is 6.18. The number of ether oxygens (including phenoxy) is 1. The number of benzene rings is 2. The molecule has 2 aromatic carbocycles. The van der Waals surface area contributed by atoms with E-state index in [0.29, 0.717) is 23.8 Å². The highest BCUT2D eigenvalue weighted by molar-refractivity contribution is 5.96. The molecule has 0 amide bonds. The molecule has 0 aliphatic heterocycles. The summed E-state index contributed by atoms with van der Waals surface area (Å²) in [5.74, 6) is 1.95. The number of hydrogen-bond donors (Lipinski definition) is 2. The molecule has 0 saturated heterocycles. The minimum absolute atomic E-state index is 0.416. The molecule has 0 aliphatic carbocycles. The zero-order chi connectivity index (χ0) is 22.5. The van der Waals surface area contributed by atoms with Crippen molar-refractivity contribution in [1.82, 2.24) is 9.97 Å². The number of hydrogen-bond acceptors (Lipinski definition) is 6. The van der Waals surface area contributed by atoms with Crippen LogP contribution >= 0.6 is 0 Å². The van der Waals surface area contributed by atoms with Gasteiger partial charge >= 0.3 is 0 Å². The highest BCUT2D eigenvalue weighted by atomic mass is 16.5. The molecule has 0 aliphatic rings. The standard InChI is InChI=1S/C26H25N5O/c1-17(2)19-5-4-6-21(11-19)31-26-20(13-27)15-28-24-16-30-25(12-23(24)26)29-14-18-7-9-22(32-3)10-8-18/h4-12,15-17H,14H2,1-3H3,(H,28,31)(H,29,30). The average molecular weight is 424 g/mol. The fraction of sp³-hybridized carbons (Fsp3) is 0.192. The first-order valence-corrected chi connectivity index (χ1v) is 10.5. The molecule has 32 heavy (non-hydrogen) atoms. The Morgan fingerprint density at radius 1 is 1.03 bits per heavy atom. The van der Waals surface area contributed by atoms with Crippen LogP contribution in [0.1, 0.15) is 36.5 Å². The summed E-state index contributed by atoms with van der Waals surface area (Å²) in [5.41, 5.74) is 5.22. The van der Waals surface area contributed by atoms with Crippen molar-refractivity contribution in [3.63, 3.8) is 0 Å². The number of pyridine rings is 2. The van der Waals surface area contributed by atoms with E-state index in [1.165, 1.54) is 5.56 Å². The van der Waals surface area contributed by atoms with Gasteiger partial charge in [-0.25, -0.2) is 4.98 Å². The van der Waals surface area contributed by atoms with Crippen LogP contribution in [-0.2, 0) is 6.54 Å². The summed E-state index contributed by atoms with van der Waals surface area (Å²) >= 11 is 0. The third-order valence-corrected chi connectivity index (χ3v) is 5.33. The number of anilines is 3. The Morgan fingerprint density at radius 2 is 1.84 bits per heavy atom. The van der Waals surface area contributed by atoms with Crippen LogP contribution in [0.2, 0.25) is 0 Å². The predicted octanol–water partition coefficient (Wildman–Crippen LogP) is 5.99. The quantitative estimate of drug-likeness (QED) is 0.380. The number of nitrogens with one attached hydrogen (secondary N) is 2. The molecule has 0 atom stereocenters. The lowest BCUT2D eigenvalue weighted by atomic mass is 10.0. The van der Waals surface area contributed by atoms with Gasteiger partial charge in [-0.15, -0.1) is 0 Å². The first kappa shape index (κ1) is 21.1. The van der Waals surface area contributed by atoms with Crippen molar-refractivity contribution in [2.75, 3.05) is 17.7 Å². The minimum atomic E-state index is 0.416. The Balaban J connectivity index is 1.65. The number of fused-ring (bicyclic) bond motifs is 1. The molecular formula is C26H25N5O. The second kappa shape index (κ2) is 9.36. The fourth-order valence-electron chi connectivity index (χ4n) is 3.47. The Labute approximate surface area is 187 Å². The SMILES string of the molecule is COc1ccc(CNc2cc3c(Nc4cccc(C(C)C)c4)c(C#N)cnc3cn2)cc1. The molecule has 2 aromatic heterocycles. The van der Waals surface area contributed by atoms with Crippen LogP contribution in [0.4, 0.5) is 17.2 Å². The number of aromatic nitrogens is 2. The zero-order valence-corrected chi connectivity index (χ0v) is 18.4. The highest BCUT2D eigenvalue weighted by Gasteiger charge is 2.12. The van der Waals surface area contributed by atoms with Crippen LogP contribution in [0.15, 0.2) is 67.0 Å². The average Bonchev–Trinajstić information content (AvgIpc) is 2.83. The summed E-state index contributed by atoms with van der Waals surface area (Å²) in [6.07, 6.45) is 3.31. The minimum Gasteiger partial charge on any atom is -0.497 e. The first-order chi connectivity index (χ1) is 15.6. The van der Waals surface area contributed by atoms with E-state index in [-0.39, 0.29) is 0 Å². The van der Waals surface area contributed by atoms with Crippen molar-refractivity contribution in [2.24, 2.45) is 0 Å². The van der Waals surface area contributed by atoms with Crippen LogP contribution in [0.5, 0.6) is 5.75 Å². The van der Waals surface area contributed by atoms with Gasteiger partial charge in [0.1, 0.15) is 17.6 Å². The van der Waals surface area contributed by atoms with E-state index in [2.05, 4.69) is 52.7 Å². The predicted molar refractivity (Wildman–Crippen MR) is 128 cm³/mol. The lowest BCUT2D eigenvalue weighted by Crippen LogP contribution is -2.03. The maximum atomic E-state index is 9.69. The number of rotatable bonds is 7. The molecule has 2 heterocycles. The molecule has 0 saturated carbocycles. The van der Waals surface area contributed by atoms with Crippen LogP contribution in [0, 0.1) is 11.3 Å². The molecular weight excluding hydrogens is 398 g/mol. The van der Waals surface area contributed by atoms with Gasteiger partial charge in [0.05, 0.1) is 30.1 Å². The van der Waals surface area contributed by atoms with E-state index in [9.17, 15) is 5.26 Å². The van der Waals surface area contributed by atoms with Crippen molar-refractivity contribution in [3.8, 4) is 11.8 Å². The van der Waals surface area contributed by atoms with Gasteiger partial charge < -0.3 is 15.4 Å². The summed E-state index contributed by atoms with van der Waals surface area (Å²) < 4.78 is 5.21. The van der Waals surface area contributed by atoms with Crippen LogP contribution in [-0.4, -0.2) is 17.1 Å². The van der Waals surface area contributed by atoms with Crippen molar-refractivity contribution in [2.45, 2.75) is 26.3 Å². The van der Waals surface area contributed by atoms with Gasteiger partial charge in [0, 0.05) is 23.8 Å². The summed E-state index contributed by atoms with van der Waals surface area (Å²) in [7, 11) is 1.65. The van der Waals surface area contributed by atoms with Crippen molar-refractivity contribution in [3.05, 3.63) is 83.7 Å². The molecule has 2 N–H and O–H groups in total. The summed E-state index contributed by atoms with van der Waals surface area (Å²) in [6.45, 7) is 4.94. The fourth-order valence-corrected chi connectivity index (χ4v) is 3.47. The van der Waals surface area contributed by atoms with Gasteiger partial charge in [-0.1, -0.05) is 38.1 Å². The van der Waals surface area contributed by atoms with E-state index < -0.39 is 0 Å². The van der Waals surface area contributed by atoms with Gasteiger partial charge in [-0.3, -0.25) is 4.98 Å². The Morgan fingerprint density at radius 3 is 2.56 bits per heavy atom. The third kappa shape index (κ3) is 4.62. The molecule has 6 nitrogen and oxygen atoms in total. The molecule has 0 unspecified atom stereocenters. The summed E-state index contributed by atoms with van der Waals surface area (Å²) in [5, 5.41) is 17.3. The molecule has 4 aromatic rings. The van der Waals surface area contributed by atoms with E-state index in [1.54, 1.807) is 19.5 Å². The largest absolute Gasteiger partial charge is 0.497 e. The monoisotopic (exact) mass is 423 g/mol. The van der Waals surface area contributed by atoms with E-state index in [4.69, 9.17) is 4.74 Å². The molecule has 4 rings (SSSR count). The second-order valence-corrected chi connectivity index (χ2v) is 7.85. The Bertz CT molecular complexity index is 1280. The third-order valence-electron chi connectivity index (χ3n) is 5.33. The maximum absolute atomic E-state index is 9.69. The molecule has 0 radical (unpaired) electrons. The van der Waals surface area contributed by atoms with Gasteiger partial charge in [-0.05, 0) is 47.4 Å². The molecule has 0 bridgehead atoms. The topological polar surface area (TPSA) is 82.9 Å². The van der Waals surface area contributed by atoms with Crippen LogP contribution in [0.3, 0.4) is 0 Å².